The molecule has 1 rings (SSSR count). The van der Waals surface area contributed by atoms with E-state index in [9.17, 15) is 34.5 Å². The molecule has 0 aromatic carbocycles. The SMILES string of the molecule is CC/C=C\C/C=C\C/C=C\C/C=C\CCCCCCCCC(=O)OC1C(OCC(COC(=O)CCCCCCCCCCCCCCCCCCC)OC(=O)CCCCCCC/C=C\C/C=C\CCC)OC(C(=O)O)C(O)C1O. The number of hydrogen-bond acceptors (Lipinski definition) is 11. The third-order valence-corrected chi connectivity index (χ3v) is 14.2. The summed E-state index contributed by atoms with van der Waals surface area (Å²) in [7, 11) is 0. The fraction of sp³-hybridized carbons (Fsp3) is 0.761. The highest BCUT2D eigenvalue weighted by molar-refractivity contribution is 5.74. The number of esters is 3. The highest BCUT2D eigenvalue weighted by atomic mass is 16.7. The maximum atomic E-state index is 13.2. The predicted molar refractivity (Wildman–Crippen MR) is 322 cm³/mol. The van der Waals surface area contributed by atoms with Crippen LogP contribution in [-0.2, 0) is 42.9 Å². The van der Waals surface area contributed by atoms with Crippen LogP contribution in [0.4, 0.5) is 0 Å². The standard InChI is InChI=1S/C67H114O12/c1-4-7-10-13-16-19-22-25-27-29-30-32-34-37-40-43-46-49-52-55-61(70)78-65-63(72)62(71)64(66(73)74)79-67(65)76-57-58(77-60(69)54-51-48-45-42-39-35-24-21-18-15-12-9-6-3)56-75-59(68)53-50-47-44-41-38-36-33-31-28-26-23-20-17-14-11-8-5-2/h7,10,12,15-16,19,21,24-25,27,30,32,58,62-65,67,71-72H,4-6,8-9,11,13-14,17-18,20,22-23,26,28-29,31,33-57H2,1-3H3,(H,73,74)/b10-7-,15-12-,19-16-,24-21-,27-25-,32-30-. The van der Waals surface area contributed by atoms with Gasteiger partial charge in [-0.3, -0.25) is 14.4 Å². The van der Waals surface area contributed by atoms with E-state index in [2.05, 4.69) is 93.7 Å². The van der Waals surface area contributed by atoms with Gasteiger partial charge in [-0.15, -0.1) is 0 Å². The van der Waals surface area contributed by atoms with Gasteiger partial charge in [-0.1, -0.05) is 248 Å². The lowest BCUT2D eigenvalue weighted by molar-refractivity contribution is -0.301. The van der Waals surface area contributed by atoms with Gasteiger partial charge in [0.2, 0.25) is 0 Å². The second-order valence-corrected chi connectivity index (χ2v) is 21.7. The maximum absolute atomic E-state index is 13.2. The molecule has 0 aromatic heterocycles. The molecule has 12 heteroatoms. The number of aliphatic carboxylic acids is 1. The first-order chi connectivity index (χ1) is 38.6. The fourth-order valence-corrected chi connectivity index (χ4v) is 9.40. The topological polar surface area (TPSA) is 175 Å². The second-order valence-electron chi connectivity index (χ2n) is 21.7. The summed E-state index contributed by atoms with van der Waals surface area (Å²) in [5.74, 6) is -3.14. The molecule has 6 atom stereocenters. The number of unbranched alkanes of at least 4 members (excludes halogenated alkanes) is 28. The molecule has 0 radical (unpaired) electrons. The van der Waals surface area contributed by atoms with Crippen LogP contribution in [0.25, 0.3) is 0 Å². The number of aliphatic hydroxyl groups excluding tert-OH is 2. The van der Waals surface area contributed by atoms with Gasteiger partial charge in [0.1, 0.15) is 18.8 Å². The highest BCUT2D eigenvalue weighted by Crippen LogP contribution is 2.27. The molecule has 0 aromatic rings. The highest BCUT2D eigenvalue weighted by Gasteiger charge is 2.50. The van der Waals surface area contributed by atoms with Crippen LogP contribution in [-0.4, -0.2) is 89.2 Å². The van der Waals surface area contributed by atoms with Crippen molar-refractivity contribution in [1.29, 1.82) is 0 Å². The molecule has 1 aliphatic rings. The predicted octanol–water partition coefficient (Wildman–Crippen LogP) is 16.9. The van der Waals surface area contributed by atoms with E-state index in [1.54, 1.807) is 0 Å². The lowest BCUT2D eigenvalue weighted by atomic mass is 9.98. The molecular formula is C67H114O12. The largest absolute Gasteiger partial charge is 0.479 e. The van der Waals surface area contributed by atoms with Gasteiger partial charge in [-0.25, -0.2) is 4.79 Å². The van der Waals surface area contributed by atoms with Crippen molar-refractivity contribution in [1.82, 2.24) is 0 Å². The lowest BCUT2D eigenvalue weighted by Gasteiger charge is -2.40. The monoisotopic (exact) mass is 1110 g/mol. The Kier molecular flexibility index (Phi) is 50.7. The van der Waals surface area contributed by atoms with Crippen LogP contribution in [0.3, 0.4) is 0 Å². The van der Waals surface area contributed by atoms with Gasteiger partial charge in [-0.05, 0) is 83.5 Å². The van der Waals surface area contributed by atoms with Gasteiger partial charge in [-0.2, -0.15) is 0 Å². The molecule has 1 heterocycles. The molecule has 1 saturated heterocycles. The Labute approximate surface area is 480 Å². The van der Waals surface area contributed by atoms with E-state index < -0.39 is 67.3 Å². The van der Waals surface area contributed by atoms with E-state index in [4.69, 9.17) is 23.7 Å². The van der Waals surface area contributed by atoms with E-state index in [0.717, 1.165) is 135 Å². The number of carbonyl (C=O) groups is 4. The molecule has 0 spiro atoms. The molecule has 0 saturated carbocycles. The first-order valence-corrected chi connectivity index (χ1v) is 31.9. The minimum atomic E-state index is -1.91. The summed E-state index contributed by atoms with van der Waals surface area (Å²) in [6.07, 6.45) is 57.2. The summed E-state index contributed by atoms with van der Waals surface area (Å²) in [6, 6.07) is 0. The molecular weight excluding hydrogens is 997 g/mol. The van der Waals surface area contributed by atoms with Crippen molar-refractivity contribution in [2.45, 2.75) is 314 Å². The van der Waals surface area contributed by atoms with E-state index in [-0.39, 0.29) is 25.9 Å². The molecule has 0 aliphatic carbocycles. The Bertz CT molecular complexity index is 1650. The van der Waals surface area contributed by atoms with Crippen molar-refractivity contribution in [2.24, 2.45) is 0 Å². The van der Waals surface area contributed by atoms with Gasteiger partial charge in [0.05, 0.1) is 6.61 Å². The number of aliphatic hydroxyl groups is 2. The first-order valence-electron chi connectivity index (χ1n) is 31.9. The zero-order chi connectivity index (χ0) is 57.5. The zero-order valence-electron chi connectivity index (χ0n) is 50.1. The minimum absolute atomic E-state index is 0.0417. The molecule has 0 amide bonds. The minimum Gasteiger partial charge on any atom is -0.479 e. The van der Waals surface area contributed by atoms with Gasteiger partial charge in [0.25, 0.3) is 0 Å². The third-order valence-electron chi connectivity index (χ3n) is 14.2. The molecule has 0 bridgehead atoms. The molecule has 1 fully saturated rings. The lowest BCUT2D eigenvalue weighted by Crippen LogP contribution is -2.61. The van der Waals surface area contributed by atoms with E-state index in [1.807, 2.05) is 0 Å². The van der Waals surface area contributed by atoms with Crippen LogP contribution < -0.4 is 0 Å². The van der Waals surface area contributed by atoms with Gasteiger partial charge in [0, 0.05) is 19.3 Å². The number of hydrogen-bond donors (Lipinski definition) is 3. The first kappa shape index (κ1) is 73.2. The maximum Gasteiger partial charge on any atom is 0.335 e. The normalized spacial score (nSPS) is 18.3. The van der Waals surface area contributed by atoms with Gasteiger partial charge >= 0.3 is 23.9 Å². The summed E-state index contributed by atoms with van der Waals surface area (Å²) in [6.45, 7) is 5.83. The molecule has 6 unspecified atom stereocenters. The van der Waals surface area contributed by atoms with Crippen molar-refractivity contribution in [3.8, 4) is 0 Å². The third kappa shape index (κ3) is 44.5. The van der Waals surface area contributed by atoms with Crippen molar-refractivity contribution < 1.29 is 58.2 Å². The van der Waals surface area contributed by atoms with Crippen LogP contribution in [0.5, 0.6) is 0 Å². The van der Waals surface area contributed by atoms with Crippen LogP contribution in [0.1, 0.15) is 278 Å². The Morgan fingerprint density at radius 1 is 0.430 bits per heavy atom. The van der Waals surface area contributed by atoms with Crippen molar-refractivity contribution >= 4 is 23.9 Å². The number of carbonyl (C=O) groups excluding carboxylic acids is 3. The van der Waals surface area contributed by atoms with Crippen molar-refractivity contribution in [3.05, 3.63) is 72.9 Å². The average molecular weight is 1110 g/mol. The smallest absolute Gasteiger partial charge is 0.335 e. The van der Waals surface area contributed by atoms with E-state index in [1.165, 1.54) is 83.5 Å². The summed E-state index contributed by atoms with van der Waals surface area (Å²) in [5.41, 5.74) is 0. The Morgan fingerprint density at radius 2 is 0.823 bits per heavy atom. The molecule has 12 nitrogen and oxygen atoms in total. The Morgan fingerprint density at radius 3 is 1.27 bits per heavy atom. The number of carboxylic acids is 1. The fourth-order valence-electron chi connectivity index (χ4n) is 9.40. The summed E-state index contributed by atoms with van der Waals surface area (Å²) < 4.78 is 28.5. The number of carboxylic acid groups (broad SMARTS) is 1. The Hall–Kier alpha value is -3.84. The van der Waals surface area contributed by atoms with Crippen molar-refractivity contribution in [3.63, 3.8) is 0 Å². The summed E-state index contributed by atoms with van der Waals surface area (Å²) >= 11 is 0. The van der Waals surface area contributed by atoms with E-state index in [0.29, 0.717) is 19.3 Å². The molecule has 3 N–H and O–H groups in total. The van der Waals surface area contributed by atoms with Gasteiger partial charge < -0.3 is 39.0 Å². The van der Waals surface area contributed by atoms with Crippen LogP contribution in [0.2, 0.25) is 0 Å². The quantitative estimate of drug-likeness (QED) is 0.0228. The zero-order valence-corrected chi connectivity index (χ0v) is 50.1. The number of allylic oxidation sites excluding steroid dienone is 12. The molecule has 454 valence electrons. The van der Waals surface area contributed by atoms with Gasteiger partial charge in [0.15, 0.2) is 24.6 Å². The van der Waals surface area contributed by atoms with Crippen LogP contribution >= 0.6 is 0 Å². The van der Waals surface area contributed by atoms with E-state index >= 15 is 0 Å². The van der Waals surface area contributed by atoms with Crippen LogP contribution in [0, 0.1) is 0 Å². The Balaban J connectivity index is 2.65. The van der Waals surface area contributed by atoms with Crippen molar-refractivity contribution in [2.75, 3.05) is 13.2 Å². The molecule has 79 heavy (non-hydrogen) atoms. The number of rotatable bonds is 54. The summed E-state index contributed by atoms with van der Waals surface area (Å²) in [4.78, 5) is 51.3. The summed E-state index contributed by atoms with van der Waals surface area (Å²) in [5, 5.41) is 31.6. The number of ether oxygens (including phenoxy) is 5. The average Bonchev–Trinajstić information content (AvgIpc) is 3.46. The molecule has 1 aliphatic heterocycles. The second kappa shape index (κ2) is 54.7. The van der Waals surface area contributed by atoms with Crippen LogP contribution in [0.15, 0.2) is 72.9 Å².